The van der Waals surface area contributed by atoms with Crippen LogP contribution < -0.4 is 9.64 Å². The smallest absolute Gasteiger partial charge is 0.151 e. The molecule has 4 rings (SSSR count). The number of ether oxygens (including phenoxy) is 1. The third kappa shape index (κ3) is 4.72. The molecule has 3 N–H and O–H groups in total. The van der Waals surface area contributed by atoms with Crippen molar-refractivity contribution in [1.82, 2.24) is 0 Å². The van der Waals surface area contributed by atoms with E-state index in [4.69, 9.17) is 4.74 Å². The number of para-hydroxylation sites is 2. The standard InChI is InChI=1S/C28H27NO4/c1-17-9-21(14-23(30)11-17)29(22-10-18(2)12-24(31)15-22)25-7-5-6-8-27(25)33-28-16-26(32)19(3)13-20(28)4/h5-16,30-32H,1-4H3. The molecule has 0 aliphatic carbocycles. The van der Waals surface area contributed by atoms with E-state index in [1.807, 2.05) is 75.1 Å². The molecule has 0 aliphatic rings. The molecule has 168 valence electrons. The van der Waals surface area contributed by atoms with Crippen molar-refractivity contribution in [2.45, 2.75) is 27.7 Å². The average Bonchev–Trinajstić information content (AvgIpc) is 2.72. The van der Waals surface area contributed by atoms with Crippen LogP contribution in [0.1, 0.15) is 22.3 Å². The summed E-state index contributed by atoms with van der Waals surface area (Å²) in [7, 11) is 0. The van der Waals surface area contributed by atoms with Gasteiger partial charge in [0, 0.05) is 18.2 Å². The van der Waals surface area contributed by atoms with Crippen molar-refractivity contribution in [2.24, 2.45) is 0 Å². The molecule has 0 saturated heterocycles. The highest BCUT2D eigenvalue weighted by Gasteiger charge is 2.20. The monoisotopic (exact) mass is 441 g/mol. The molecular weight excluding hydrogens is 414 g/mol. The fourth-order valence-electron chi connectivity index (χ4n) is 3.95. The van der Waals surface area contributed by atoms with E-state index in [1.54, 1.807) is 30.3 Å². The Morgan fingerprint density at radius 3 is 1.76 bits per heavy atom. The summed E-state index contributed by atoms with van der Waals surface area (Å²) in [4.78, 5) is 1.93. The van der Waals surface area contributed by atoms with Gasteiger partial charge in [-0.1, -0.05) is 12.1 Å². The van der Waals surface area contributed by atoms with Crippen LogP contribution in [-0.4, -0.2) is 15.3 Å². The summed E-state index contributed by atoms with van der Waals surface area (Å²) in [6.45, 7) is 7.60. The van der Waals surface area contributed by atoms with Gasteiger partial charge >= 0.3 is 0 Å². The fourth-order valence-corrected chi connectivity index (χ4v) is 3.95. The number of phenolic OH excluding ortho intramolecular Hbond substituents is 3. The Kier molecular flexibility index (Phi) is 5.88. The Labute approximate surface area is 193 Å². The molecule has 0 amide bonds. The quantitative estimate of drug-likeness (QED) is 0.303. The molecule has 0 heterocycles. The number of phenols is 3. The molecule has 4 aromatic rings. The number of benzene rings is 4. The molecule has 0 aliphatic heterocycles. The summed E-state index contributed by atoms with van der Waals surface area (Å²) in [5.74, 6) is 1.56. The number of anilines is 3. The molecule has 0 fully saturated rings. The maximum atomic E-state index is 10.3. The van der Waals surface area contributed by atoms with E-state index in [9.17, 15) is 15.3 Å². The number of hydrogen-bond donors (Lipinski definition) is 3. The lowest BCUT2D eigenvalue weighted by Crippen LogP contribution is -2.11. The summed E-state index contributed by atoms with van der Waals surface area (Å²) in [6.07, 6.45) is 0. The lowest BCUT2D eigenvalue weighted by Gasteiger charge is -2.28. The SMILES string of the molecule is Cc1cc(O)cc(N(c2cc(C)cc(O)c2)c2ccccc2Oc2cc(O)c(C)cc2C)c1. The normalized spacial score (nSPS) is 10.8. The maximum Gasteiger partial charge on any atom is 0.151 e. The molecule has 5 heteroatoms. The highest BCUT2D eigenvalue weighted by Crippen LogP contribution is 2.44. The summed E-state index contributed by atoms with van der Waals surface area (Å²) in [5, 5.41) is 30.8. The zero-order valence-electron chi connectivity index (χ0n) is 19.1. The molecule has 5 nitrogen and oxygen atoms in total. The van der Waals surface area contributed by atoms with Gasteiger partial charge < -0.3 is 25.0 Å². The minimum absolute atomic E-state index is 0.143. The van der Waals surface area contributed by atoms with E-state index in [-0.39, 0.29) is 17.2 Å². The first kappa shape index (κ1) is 22.1. The predicted octanol–water partition coefficient (Wildman–Crippen LogP) is 7.30. The molecule has 0 atom stereocenters. The Balaban J connectivity index is 1.91. The molecule has 0 saturated carbocycles. The van der Waals surface area contributed by atoms with E-state index >= 15 is 0 Å². The average molecular weight is 442 g/mol. The second-order valence-electron chi connectivity index (χ2n) is 8.36. The van der Waals surface area contributed by atoms with Crippen molar-refractivity contribution in [3.63, 3.8) is 0 Å². The molecule has 0 radical (unpaired) electrons. The summed E-state index contributed by atoms with van der Waals surface area (Å²) in [5.41, 5.74) is 5.61. The Morgan fingerprint density at radius 2 is 1.18 bits per heavy atom. The van der Waals surface area contributed by atoms with Gasteiger partial charge in [0.25, 0.3) is 0 Å². The maximum absolute atomic E-state index is 10.3. The number of rotatable bonds is 5. The minimum atomic E-state index is 0.143. The first-order chi connectivity index (χ1) is 15.7. The van der Waals surface area contributed by atoms with Crippen LogP contribution in [0.15, 0.2) is 72.8 Å². The Morgan fingerprint density at radius 1 is 0.606 bits per heavy atom. The number of aromatic hydroxyl groups is 3. The van der Waals surface area contributed by atoms with E-state index in [0.29, 0.717) is 17.2 Å². The van der Waals surface area contributed by atoms with Gasteiger partial charge in [-0.05, 0) is 92.4 Å². The van der Waals surface area contributed by atoms with Crippen molar-refractivity contribution in [1.29, 1.82) is 0 Å². The molecule has 0 bridgehead atoms. The van der Waals surface area contributed by atoms with Gasteiger partial charge in [-0.15, -0.1) is 0 Å². The lowest BCUT2D eigenvalue weighted by molar-refractivity contribution is 0.450. The van der Waals surface area contributed by atoms with E-state index in [1.165, 1.54) is 0 Å². The van der Waals surface area contributed by atoms with Gasteiger partial charge in [0.2, 0.25) is 0 Å². The van der Waals surface area contributed by atoms with Crippen LogP contribution in [0.3, 0.4) is 0 Å². The first-order valence-electron chi connectivity index (χ1n) is 10.7. The van der Waals surface area contributed by atoms with Crippen LogP contribution in [-0.2, 0) is 0 Å². The summed E-state index contributed by atoms with van der Waals surface area (Å²) < 4.78 is 6.29. The number of aryl methyl sites for hydroxylation is 4. The van der Waals surface area contributed by atoms with Gasteiger partial charge in [-0.3, -0.25) is 0 Å². The largest absolute Gasteiger partial charge is 0.508 e. The van der Waals surface area contributed by atoms with Crippen molar-refractivity contribution >= 4 is 17.1 Å². The predicted molar refractivity (Wildman–Crippen MR) is 132 cm³/mol. The van der Waals surface area contributed by atoms with E-state index in [2.05, 4.69) is 0 Å². The molecule has 4 aromatic carbocycles. The number of hydrogen-bond acceptors (Lipinski definition) is 5. The second kappa shape index (κ2) is 8.79. The van der Waals surface area contributed by atoms with Crippen molar-refractivity contribution in [2.75, 3.05) is 4.90 Å². The summed E-state index contributed by atoms with van der Waals surface area (Å²) in [6, 6.07) is 21.7. The van der Waals surface area contributed by atoms with Crippen LogP contribution in [0.25, 0.3) is 0 Å². The molecule has 0 spiro atoms. The van der Waals surface area contributed by atoms with Crippen LogP contribution in [0.4, 0.5) is 17.1 Å². The second-order valence-corrected chi connectivity index (χ2v) is 8.36. The van der Waals surface area contributed by atoms with Gasteiger partial charge in [-0.25, -0.2) is 0 Å². The number of nitrogens with zero attached hydrogens (tertiary/aromatic N) is 1. The third-order valence-electron chi connectivity index (χ3n) is 5.43. The topological polar surface area (TPSA) is 73.2 Å². The van der Waals surface area contributed by atoms with Gasteiger partial charge in [0.05, 0.1) is 17.1 Å². The van der Waals surface area contributed by atoms with Crippen molar-refractivity contribution < 1.29 is 20.1 Å². The first-order valence-corrected chi connectivity index (χ1v) is 10.7. The zero-order chi connectivity index (χ0) is 23.7. The van der Waals surface area contributed by atoms with Crippen LogP contribution >= 0.6 is 0 Å². The zero-order valence-corrected chi connectivity index (χ0v) is 19.1. The molecular formula is C28H27NO4. The molecule has 33 heavy (non-hydrogen) atoms. The Hall–Kier alpha value is -4.12. The van der Waals surface area contributed by atoms with Gasteiger partial charge in [0.15, 0.2) is 5.75 Å². The van der Waals surface area contributed by atoms with Crippen molar-refractivity contribution in [3.05, 3.63) is 95.1 Å². The molecule has 0 aromatic heterocycles. The highest BCUT2D eigenvalue weighted by molar-refractivity contribution is 5.82. The van der Waals surface area contributed by atoms with Crippen molar-refractivity contribution in [3.8, 4) is 28.7 Å². The van der Waals surface area contributed by atoms with E-state index in [0.717, 1.165) is 33.6 Å². The van der Waals surface area contributed by atoms with Crippen LogP contribution in [0.5, 0.6) is 28.7 Å². The Bertz CT molecular complexity index is 1240. The van der Waals surface area contributed by atoms with Crippen LogP contribution in [0, 0.1) is 27.7 Å². The van der Waals surface area contributed by atoms with Gasteiger partial charge in [0.1, 0.15) is 23.0 Å². The van der Waals surface area contributed by atoms with Gasteiger partial charge in [-0.2, -0.15) is 0 Å². The highest BCUT2D eigenvalue weighted by atomic mass is 16.5. The molecule has 0 unspecified atom stereocenters. The fraction of sp³-hybridized carbons (Fsp3) is 0.143. The lowest BCUT2D eigenvalue weighted by atomic mass is 10.1. The summed E-state index contributed by atoms with van der Waals surface area (Å²) >= 11 is 0. The third-order valence-corrected chi connectivity index (χ3v) is 5.43. The van der Waals surface area contributed by atoms with E-state index < -0.39 is 0 Å². The van der Waals surface area contributed by atoms with Crippen LogP contribution in [0.2, 0.25) is 0 Å². The minimum Gasteiger partial charge on any atom is -0.508 e.